The molecule has 7 heteroatoms. The molecule has 0 bridgehead atoms. The number of aryl methyl sites for hydroxylation is 3. The van der Waals surface area contributed by atoms with Crippen LogP contribution in [0, 0.1) is 39.2 Å². The Morgan fingerprint density at radius 2 is 1.74 bits per heavy atom. The minimum atomic E-state index is -0.487. The van der Waals surface area contributed by atoms with E-state index in [1.165, 1.54) is 11.3 Å². The van der Waals surface area contributed by atoms with E-state index in [-0.39, 0.29) is 11.6 Å². The first kappa shape index (κ1) is 29.7. The van der Waals surface area contributed by atoms with Crippen molar-refractivity contribution in [1.82, 2.24) is 10.5 Å². The van der Waals surface area contributed by atoms with Crippen LogP contribution in [0.3, 0.4) is 0 Å². The zero-order chi connectivity index (χ0) is 30.1. The fraction of sp³-hybridized carbons (Fsp3) is 0.514. The smallest absolute Gasteiger partial charge is 0.407 e. The van der Waals surface area contributed by atoms with Gasteiger partial charge in [0.1, 0.15) is 11.4 Å². The van der Waals surface area contributed by atoms with Crippen LogP contribution in [-0.2, 0) is 10.3 Å². The predicted octanol–water partition coefficient (Wildman–Crippen LogP) is 8.64. The lowest BCUT2D eigenvalue weighted by Gasteiger charge is -2.35. The van der Waals surface area contributed by atoms with E-state index in [4.69, 9.17) is 15.8 Å². The summed E-state index contributed by atoms with van der Waals surface area (Å²) < 4.78 is 10.9. The van der Waals surface area contributed by atoms with Crippen LogP contribution in [0.2, 0.25) is 0 Å². The van der Waals surface area contributed by atoms with Crippen molar-refractivity contribution in [2.75, 3.05) is 18.0 Å². The van der Waals surface area contributed by atoms with Crippen LogP contribution in [0.25, 0.3) is 16.0 Å². The topological polar surface area (TPSA) is 72.0 Å². The van der Waals surface area contributed by atoms with E-state index in [0.717, 1.165) is 78.9 Å². The molecule has 0 radical (unpaired) electrons. The van der Waals surface area contributed by atoms with Gasteiger partial charge in [0.25, 0.3) is 5.54 Å². The van der Waals surface area contributed by atoms with Crippen molar-refractivity contribution in [2.24, 2.45) is 11.8 Å². The Bertz CT molecular complexity index is 1430. The van der Waals surface area contributed by atoms with Crippen molar-refractivity contribution >= 4 is 17.5 Å². The molecule has 2 aromatic carbocycles. The molecule has 1 amide bonds. The summed E-state index contributed by atoms with van der Waals surface area (Å²) in [5, 5.41) is 7.17. The molecular formula is C35H44N4O3. The summed E-state index contributed by atoms with van der Waals surface area (Å²) in [5.74, 6) is 1.82. The lowest BCUT2D eigenvalue weighted by atomic mass is 9.81. The Balaban J connectivity index is 1.35. The molecule has 1 heterocycles. The van der Waals surface area contributed by atoms with Crippen molar-refractivity contribution in [3.05, 3.63) is 76.5 Å². The van der Waals surface area contributed by atoms with Crippen molar-refractivity contribution in [3.63, 3.8) is 0 Å². The molecule has 5 rings (SSSR count). The SMILES string of the molecule is [C-]#[N+]C1(c2ccc(N(CC3CCC(CNC(=O)OC(C)(C)C)CC3)c3cc(-c4c(C)noc4C)ccc3C)cc2)CC1. The Hall–Kier alpha value is -3.79. The van der Waals surface area contributed by atoms with Gasteiger partial charge >= 0.3 is 6.09 Å². The molecule has 2 saturated carbocycles. The van der Waals surface area contributed by atoms with Crippen molar-refractivity contribution < 1.29 is 14.1 Å². The molecule has 0 aliphatic heterocycles. The highest BCUT2D eigenvalue weighted by molar-refractivity contribution is 5.76. The second-order valence-electron chi connectivity index (χ2n) is 13.3. The van der Waals surface area contributed by atoms with Crippen molar-refractivity contribution in [1.29, 1.82) is 0 Å². The number of carbonyl (C=O) groups is 1. The maximum absolute atomic E-state index is 12.2. The standard InChI is InChI=1S/C35H44N4O3/c1-23-8-13-28(32-24(2)38-42-25(32)3)20-31(23)39(30-16-14-29(15-17-30)35(36-7)18-19-35)22-27-11-9-26(10-12-27)21-37-33(40)41-34(4,5)6/h8,13-17,20,26-27H,9-12,18-19,21-22H2,1-6H3,(H,37,40). The number of hydrogen-bond acceptors (Lipinski definition) is 5. The largest absolute Gasteiger partial charge is 0.444 e. The normalized spacial score (nSPS) is 19.5. The summed E-state index contributed by atoms with van der Waals surface area (Å²) in [6, 6.07) is 15.3. The molecule has 0 atom stereocenters. The molecule has 0 spiro atoms. The third-order valence-corrected chi connectivity index (χ3v) is 8.82. The zero-order valence-corrected chi connectivity index (χ0v) is 25.9. The highest BCUT2D eigenvalue weighted by Gasteiger charge is 2.52. The fourth-order valence-electron chi connectivity index (χ4n) is 6.25. The Labute approximate surface area is 250 Å². The maximum atomic E-state index is 12.2. The molecule has 2 fully saturated rings. The molecule has 222 valence electrons. The van der Waals surface area contributed by atoms with Gasteiger partial charge in [0.2, 0.25) is 0 Å². The minimum absolute atomic E-state index is 0.311. The summed E-state index contributed by atoms with van der Waals surface area (Å²) in [5.41, 5.74) is 6.92. The number of hydrogen-bond donors (Lipinski definition) is 1. The van der Waals surface area contributed by atoms with Gasteiger partial charge in [0.15, 0.2) is 0 Å². The molecule has 42 heavy (non-hydrogen) atoms. The average Bonchev–Trinajstić information content (AvgIpc) is 3.69. The minimum Gasteiger partial charge on any atom is -0.444 e. The van der Waals surface area contributed by atoms with Gasteiger partial charge in [0, 0.05) is 48.4 Å². The van der Waals surface area contributed by atoms with Crippen LogP contribution < -0.4 is 10.2 Å². The predicted molar refractivity (Wildman–Crippen MR) is 167 cm³/mol. The monoisotopic (exact) mass is 568 g/mol. The first-order valence-corrected chi connectivity index (χ1v) is 15.3. The van der Waals surface area contributed by atoms with E-state index in [9.17, 15) is 4.79 Å². The summed E-state index contributed by atoms with van der Waals surface area (Å²) in [7, 11) is 0. The molecular weight excluding hydrogens is 524 g/mol. The van der Waals surface area contributed by atoms with Gasteiger partial charge in [-0.1, -0.05) is 17.3 Å². The van der Waals surface area contributed by atoms with E-state index in [0.29, 0.717) is 18.4 Å². The average molecular weight is 569 g/mol. The highest BCUT2D eigenvalue weighted by atomic mass is 16.6. The first-order chi connectivity index (χ1) is 20.0. The number of benzene rings is 2. The van der Waals surface area contributed by atoms with Gasteiger partial charge in [-0.2, -0.15) is 0 Å². The third kappa shape index (κ3) is 6.64. The lowest BCUT2D eigenvalue weighted by molar-refractivity contribution is 0.0513. The number of nitrogens with one attached hydrogen (secondary N) is 1. The Morgan fingerprint density at radius 1 is 1.07 bits per heavy atom. The quantitative estimate of drug-likeness (QED) is 0.275. The maximum Gasteiger partial charge on any atom is 0.407 e. The number of carbonyl (C=O) groups excluding carboxylic acids is 1. The Morgan fingerprint density at radius 3 is 2.31 bits per heavy atom. The van der Waals surface area contributed by atoms with Gasteiger partial charge in [-0.3, -0.25) is 0 Å². The van der Waals surface area contributed by atoms with Crippen LogP contribution in [0.1, 0.15) is 81.9 Å². The number of rotatable bonds is 8. The highest BCUT2D eigenvalue weighted by Crippen LogP contribution is 2.50. The number of aromatic nitrogens is 1. The van der Waals surface area contributed by atoms with Gasteiger partial charge in [-0.25, -0.2) is 11.4 Å². The van der Waals surface area contributed by atoms with E-state index < -0.39 is 5.60 Å². The number of anilines is 2. The second-order valence-corrected chi connectivity index (χ2v) is 13.3. The van der Waals surface area contributed by atoms with Crippen LogP contribution in [0.5, 0.6) is 0 Å². The molecule has 1 aromatic heterocycles. The molecule has 0 unspecified atom stereocenters. The van der Waals surface area contributed by atoms with E-state index in [2.05, 4.69) is 69.6 Å². The second kappa shape index (κ2) is 11.8. The van der Waals surface area contributed by atoms with E-state index >= 15 is 0 Å². The third-order valence-electron chi connectivity index (χ3n) is 8.82. The summed E-state index contributed by atoms with van der Waals surface area (Å²) in [6.07, 6.45) is 5.95. The van der Waals surface area contributed by atoms with Gasteiger partial charge < -0.3 is 24.3 Å². The first-order valence-electron chi connectivity index (χ1n) is 15.3. The van der Waals surface area contributed by atoms with Crippen LogP contribution in [0.4, 0.5) is 16.2 Å². The van der Waals surface area contributed by atoms with E-state index in [1.54, 1.807) is 0 Å². The number of ether oxygens (including phenoxy) is 1. The number of alkyl carbamates (subject to hydrolysis) is 1. The van der Waals surface area contributed by atoms with Crippen molar-refractivity contribution in [3.8, 4) is 11.1 Å². The van der Waals surface area contributed by atoms with E-state index in [1.807, 2.05) is 34.6 Å². The van der Waals surface area contributed by atoms with Gasteiger partial charge in [0.05, 0.1) is 5.69 Å². The summed E-state index contributed by atoms with van der Waals surface area (Å²) >= 11 is 0. The number of amides is 1. The van der Waals surface area contributed by atoms with Crippen LogP contribution in [-0.4, -0.2) is 29.9 Å². The van der Waals surface area contributed by atoms with Crippen molar-refractivity contribution in [2.45, 2.75) is 91.2 Å². The molecule has 2 aliphatic rings. The molecule has 3 aromatic rings. The molecule has 0 saturated heterocycles. The fourth-order valence-corrected chi connectivity index (χ4v) is 6.25. The summed E-state index contributed by atoms with van der Waals surface area (Å²) in [6.45, 7) is 21.0. The van der Waals surface area contributed by atoms with Gasteiger partial charge in [-0.15, -0.1) is 0 Å². The molecule has 1 N–H and O–H groups in total. The zero-order valence-electron chi connectivity index (χ0n) is 25.9. The number of nitrogens with zero attached hydrogens (tertiary/aromatic N) is 3. The van der Waals surface area contributed by atoms with Crippen LogP contribution in [0.15, 0.2) is 47.0 Å². The molecule has 7 nitrogen and oxygen atoms in total. The molecule has 2 aliphatic carbocycles. The Kier molecular flexibility index (Phi) is 8.37. The lowest BCUT2D eigenvalue weighted by Crippen LogP contribution is -2.37. The van der Waals surface area contributed by atoms with Crippen LogP contribution >= 0.6 is 0 Å². The van der Waals surface area contributed by atoms with Gasteiger partial charge in [-0.05, 0) is 121 Å². The summed E-state index contributed by atoms with van der Waals surface area (Å²) in [4.78, 5) is 18.6.